The van der Waals surface area contributed by atoms with E-state index in [-0.39, 0.29) is 65.3 Å². The highest BCUT2D eigenvalue weighted by Crippen LogP contribution is 2.50. The highest BCUT2D eigenvalue weighted by Gasteiger charge is 2.38. The van der Waals surface area contributed by atoms with Gasteiger partial charge in [0.1, 0.15) is 18.1 Å². The Morgan fingerprint density at radius 2 is 1.87 bits per heavy atom. The first-order valence-corrected chi connectivity index (χ1v) is 14.1. The molecule has 15 heteroatoms. The molecule has 0 saturated heterocycles. The highest BCUT2D eigenvalue weighted by atomic mass is 19.3. The van der Waals surface area contributed by atoms with E-state index in [1.54, 1.807) is 25.4 Å². The van der Waals surface area contributed by atoms with Crippen molar-refractivity contribution in [3.05, 3.63) is 66.1 Å². The van der Waals surface area contributed by atoms with Crippen LogP contribution in [-0.4, -0.2) is 54.3 Å². The number of nitrogens with zero attached hydrogens (tertiary/aromatic N) is 6. The van der Waals surface area contributed by atoms with Crippen LogP contribution in [0, 0.1) is 5.92 Å². The molecule has 4 aliphatic rings. The Morgan fingerprint density at radius 3 is 2.58 bits per heavy atom. The van der Waals surface area contributed by atoms with E-state index in [0.29, 0.717) is 17.9 Å². The normalized spacial score (nSPS) is 16.0. The van der Waals surface area contributed by atoms with Crippen molar-refractivity contribution in [2.24, 2.45) is 13.0 Å². The number of ether oxygens (including phenoxy) is 2. The summed E-state index contributed by atoms with van der Waals surface area (Å²) in [6.07, 6.45) is 1.91. The minimum absolute atomic E-state index is 0. The third-order valence-corrected chi connectivity index (χ3v) is 7.71. The van der Waals surface area contributed by atoms with E-state index in [9.17, 15) is 22.4 Å². The number of carbonyl (C=O) groups excluding carboxylic acids is 1. The minimum atomic E-state index is -3.17. The fraction of sp³-hybridized carbons (Fsp3) is 0.333. The Bertz CT molecular complexity index is 1810. The van der Waals surface area contributed by atoms with Gasteiger partial charge in [-0.1, -0.05) is 30.3 Å². The van der Waals surface area contributed by atoms with Crippen LogP contribution in [0.25, 0.3) is 33.8 Å². The molecule has 0 unspecified atom stereocenters. The first-order valence-electron chi connectivity index (χ1n) is 14.1. The van der Waals surface area contributed by atoms with E-state index in [4.69, 9.17) is 14.5 Å². The van der Waals surface area contributed by atoms with Gasteiger partial charge >= 0.3 is 6.61 Å². The zero-order valence-corrected chi connectivity index (χ0v) is 23.9. The molecule has 0 radical (unpaired) electrons. The average Bonchev–Trinajstić information content (AvgIpc) is 3.55. The van der Waals surface area contributed by atoms with Crippen LogP contribution < -0.4 is 14.8 Å². The number of rotatable bonds is 9. The molecule has 5 heterocycles. The van der Waals surface area contributed by atoms with Gasteiger partial charge in [-0.25, -0.2) is 18.4 Å². The highest BCUT2D eigenvalue weighted by molar-refractivity contribution is 5.97. The summed E-state index contributed by atoms with van der Waals surface area (Å²) in [5.41, 5.74) is 1.33. The van der Waals surface area contributed by atoms with E-state index < -0.39 is 24.8 Å². The lowest BCUT2D eigenvalue weighted by Crippen LogP contribution is -2.45. The van der Waals surface area contributed by atoms with Gasteiger partial charge in [-0.2, -0.15) is 13.9 Å². The van der Waals surface area contributed by atoms with Gasteiger partial charge in [-0.05, 0) is 30.5 Å². The van der Waals surface area contributed by atoms with Crippen LogP contribution in [-0.2, 0) is 24.9 Å². The van der Waals surface area contributed by atoms with Gasteiger partial charge in [-0.3, -0.25) is 14.2 Å². The number of halogens is 5. The molecule has 1 fully saturated rings. The summed E-state index contributed by atoms with van der Waals surface area (Å²) < 4.78 is 71.5. The van der Waals surface area contributed by atoms with Gasteiger partial charge in [0.2, 0.25) is 17.7 Å². The molecular formula is C30H30F5N7O3. The molecular weight excluding hydrogens is 601 g/mol. The van der Waals surface area contributed by atoms with Crippen molar-refractivity contribution in [3.63, 3.8) is 0 Å². The van der Waals surface area contributed by atoms with E-state index in [1.165, 1.54) is 15.6 Å². The number of carbonyl (C=O) groups is 1. The summed E-state index contributed by atoms with van der Waals surface area (Å²) in [6.45, 7) is -2.61. The molecule has 2 aromatic heterocycles. The molecule has 3 aromatic rings. The fourth-order valence-corrected chi connectivity index (χ4v) is 5.63. The third-order valence-electron chi connectivity index (χ3n) is 7.71. The Hall–Kier alpha value is -4.95. The number of hydrogen-bond donors (Lipinski definition) is 1. The molecule has 1 amide bonds. The Labute approximate surface area is 254 Å². The molecule has 1 N–H and O–H groups in total. The third kappa shape index (κ3) is 5.69. The maximum Gasteiger partial charge on any atom is 0.388 e. The molecule has 1 saturated carbocycles. The van der Waals surface area contributed by atoms with Crippen LogP contribution >= 0.6 is 0 Å². The van der Waals surface area contributed by atoms with Gasteiger partial charge in [0.15, 0.2) is 0 Å². The summed E-state index contributed by atoms with van der Waals surface area (Å²) in [6, 6.07) is 12.7. The van der Waals surface area contributed by atoms with Crippen molar-refractivity contribution in [1.82, 2.24) is 34.4 Å². The Kier molecular flexibility index (Phi) is 7.93. The van der Waals surface area contributed by atoms with Crippen LogP contribution in [0.5, 0.6) is 11.8 Å². The molecule has 10 nitrogen and oxygen atoms in total. The Balaban J connectivity index is 0.00000208. The van der Waals surface area contributed by atoms with E-state index in [0.717, 1.165) is 18.4 Å². The number of pyridine rings is 1. The first kappa shape index (κ1) is 30.1. The SMILES string of the molecule is Cn1cc(-c2c3cccn(Cc4ccccc4)c-3nc2-c2c(C(F)F)nn3c2OC[C@@H](NC(=O)C2CC2)C3)c(OC(F)F)n1.F.[HH]. The molecule has 238 valence electrons. The topological polar surface area (TPSA) is 101 Å². The van der Waals surface area contributed by atoms with Crippen LogP contribution in [0.4, 0.5) is 22.3 Å². The molecule has 7 rings (SSSR count). The molecule has 0 bridgehead atoms. The summed E-state index contributed by atoms with van der Waals surface area (Å²) in [5.74, 6) is -0.0212. The Morgan fingerprint density at radius 1 is 1.09 bits per heavy atom. The number of aryl methyl sites for hydroxylation is 1. The van der Waals surface area contributed by atoms with Crippen LogP contribution in [0.1, 0.15) is 32.0 Å². The van der Waals surface area contributed by atoms with Gasteiger partial charge in [0.05, 0.1) is 29.4 Å². The van der Waals surface area contributed by atoms with Gasteiger partial charge < -0.3 is 19.4 Å². The number of nitrogens with one attached hydrogen (secondary N) is 1. The number of aromatic nitrogens is 6. The summed E-state index contributed by atoms with van der Waals surface area (Å²) in [4.78, 5) is 17.2. The molecule has 3 aliphatic heterocycles. The maximum absolute atomic E-state index is 14.7. The monoisotopic (exact) mass is 631 g/mol. The number of hydrogen-bond acceptors (Lipinski definition) is 6. The molecule has 1 atom stereocenters. The zero-order chi connectivity index (χ0) is 30.5. The molecule has 0 spiro atoms. The summed E-state index contributed by atoms with van der Waals surface area (Å²) in [5, 5.41) is 11.2. The van der Waals surface area contributed by atoms with E-state index >= 15 is 0 Å². The second kappa shape index (κ2) is 11.9. The first-order chi connectivity index (χ1) is 21.3. The number of amides is 1. The van der Waals surface area contributed by atoms with E-state index in [1.807, 2.05) is 34.9 Å². The zero-order valence-electron chi connectivity index (χ0n) is 23.9. The molecule has 1 aromatic carbocycles. The maximum atomic E-state index is 14.7. The van der Waals surface area contributed by atoms with Crippen molar-refractivity contribution >= 4 is 5.91 Å². The lowest BCUT2D eigenvalue weighted by molar-refractivity contribution is -0.123. The molecule has 1 aliphatic carbocycles. The van der Waals surface area contributed by atoms with Gasteiger partial charge in [-0.15, -0.1) is 5.10 Å². The fourth-order valence-electron chi connectivity index (χ4n) is 5.63. The van der Waals surface area contributed by atoms with Crippen LogP contribution in [0.3, 0.4) is 0 Å². The van der Waals surface area contributed by atoms with Crippen molar-refractivity contribution in [1.29, 1.82) is 0 Å². The van der Waals surface area contributed by atoms with Crippen LogP contribution in [0.2, 0.25) is 0 Å². The largest absolute Gasteiger partial charge is 0.475 e. The number of benzene rings is 1. The lowest BCUT2D eigenvalue weighted by atomic mass is 9.98. The lowest BCUT2D eigenvalue weighted by Gasteiger charge is -2.25. The standard InChI is InChI=1S/C30H27F4N7O3.FH.H2/c1-39-14-20(28(38-39)44-30(33)34)21-19-8-5-11-40(12-16-6-3-2-4-7-16)26(19)36-23(21)22-24(25(31)32)37-41-13-18(15-43-29(22)41)35-27(42)17-9-10-17;;/h2-8,11,14,17-18,25,30H,9-10,12-13,15H2,1H3,(H,35,42);2*1H/t18-;;/m0../s1. The van der Waals surface area contributed by atoms with Crippen molar-refractivity contribution in [2.45, 2.75) is 45.0 Å². The van der Waals surface area contributed by atoms with Gasteiger partial charge in [0, 0.05) is 44.5 Å². The molecule has 45 heavy (non-hydrogen) atoms. The van der Waals surface area contributed by atoms with Crippen molar-refractivity contribution < 1.29 is 38.0 Å². The second-order valence-corrected chi connectivity index (χ2v) is 10.9. The summed E-state index contributed by atoms with van der Waals surface area (Å²) >= 11 is 0. The predicted octanol–water partition coefficient (Wildman–Crippen LogP) is 5.52. The smallest absolute Gasteiger partial charge is 0.388 e. The van der Waals surface area contributed by atoms with Gasteiger partial charge in [0.25, 0.3) is 6.43 Å². The second-order valence-electron chi connectivity index (χ2n) is 10.9. The van der Waals surface area contributed by atoms with E-state index in [2.05, 4.69) is 15.5 Å². The number of alkyl halides is 4. The summed E-state index contributed by atoms with van der Waals surface area (Å²) in [7, 11) is 1.54. The average molecular weight is 632 g/mol. The predicted molar refractivity (Wildman–Crippen MR) is 154 cm³/mol. The quantitative estimate of drug-likeness (QED) is 0.215. The minimum Gasteiger partial charge on any atom is -0.475 e. The van der Waals surface area contributed by atoms with Crippen molar-refractivity contribution in [3.8, 4) is 45.5 Å². The number of fused-ring (bicyclic) bond motifs is 2. The van der Waals surface area contributed by atoms with Crippen LogP contribution in [0.15, 0.2) is 54.9 Å². The van der Waals surface area contributed by atoms with Crippen molar-refractivity contribution in [2.75, 3.05) is 6.61 Å².